The number of fused-ring (bicyclic) bond motifs is 1. The summed E-state index contributed by atoms with van der Waals surface area (Å²) in [6, 6.07) is 14.1. The second-order valence-electron chi connectivity index (χ2n) is 6.79. The predicted octanol–water partition coefficient (Wildman–Crippen LogP) is 3.00. The summed E-state index contributed by atoms with van der Waals surface area (Å²) in [4.78, 5) is 12.2. The molecule has 1 aliphatic heterocycles. The summed E-state index contributed by atoms with van der Waals surface area (Å²) < 4.78 is 25.0. The van der Waals surface area contributed by atoms with E-state index in [0.29, 0.717) is 36.5 Å². The number of benzene rings is 2. The molecule has 0 saturated carbocycles. The van der Waals surface area contributed by atoms with Gasteiger partial charge in [-0.3, -0.25) is 3.97 Å². The molecule has 1 aliphatic rings. The summed E-state index contributed by atoms with van der Waals surface area (Å²) >= 11 is 0. The zero-order chi connectivity index (χ0) is 19.7. The largest absolute Gasteiger partial charge is 0.465 e. The first-order valence-electron chi connectivity index (χ1n) is 9.05. The molecule has 6 nitrogen and oxygen atoms in total. The van der Waals surface area contributed by atoms with E-state index < -0.39 is 22.6 Å². The van der Waals surface area contributed by atoms with Crippen molar-refractivity contribution in [2.75, 3.05) is 20.3 Å². The summed E-state index contributed by atoms with van der Waals surface area (Å²) in [5.41, 5.74) is 0.957. The number of methoxy groups -OCH3 is 1. The number of hydrogen-bond acceptors (Lipinski definition) is 5. The zero-order valence-electron chi connectivity index (χ0n) is 15.5. The number of hydrogen-bond donors (Lipinski definition) is 1. The Balaban J connectivity index is 1.76. The van der Waals surface area contributed by atoms with Crippen molar-refractivity contribution in [3.05, 3.63) is 65.9 Å². The van der Waals surface area contributed by atoms with Crippen molar-refractivity contribution in [1.82, 2.24) is 3.97 Å². The van der Waals surface area contributed by atoms with Crippen molar-refractivity contribution in [3.8, 4) is 0 Å². The molecule has 0 spiro atoms. The van der Waals surface area contributed by atoms with E-state index in [0.717, 1.165) is 16.5 Å². The Kier molecular flexibility index (Phi) is 5.05. The lowest BCUT2D eigenvalue weighted by molar-refractivity contribution is -0.0670. The van der Waals surface area contributed by atoms with Crippen LogP contribution in [0, 0.1) is 0 Å². The Morgan fingerprint density at radius 3 is 2.50 bits per heavy atom. The number of rotatable bonds is 4. The van der Waals surface area contributed by atoms with E-state index in [-0.39, 0.29) is 0 Å². The monoisotopic (exact) mass is 399 g/mol. The Morgan fingerprint density at radius 2 is 1.82 bits per heavy atom. The van der Waals surface area contributed by atoms with Crippen LogP contribution in [0.25, 0.3) is 10.9 Å². The Labute approximate surface area is 165 Å². The fourth-order valence-corrected chi connectivity index (χ4v) is 4.71. The van der Waals surface area contributed by atoms with E-state index in [2.05, 4.69) is 0 Å². The van der Waals surface area contributed by atoms with Gasteiger partial charge in [0.1, 0.15) is 0 Å². The third-order valence-corrected chi connectivity index (χ3v) is 6.49. The first kappa shape index (κ1) is 18.9. The van der Waals surface area contributed by atoms with Crippen molar-refractivity contribution in [2.45, 2.75) is 23.3 Å². The van der Waals surface area contributed by atoms with E-state index >= 15 is 0 Å². The standard InChI is InChI=1S/C21H21NO5S/c1-26-20(23)15-6-8-16(9-7-15)28(25)22-14-18(17-4-2-3-5-19(17)22)21(24)10-12-27-13-11-21/h2-9,14,24H,10-13H2,1H3. The summed E-state index contributed by atoms with van der Waals surface area (Å²) in [7, 11) is -0.202. The van der Waals surface area contributed by atoms with Crippen LogP contribution >= 0.6 is 0 Å². The quantitative estimate of drug-likeness (QED) is 0.683. The van der Waals surface area contributed by atoms with Crippen LogP contribution in [-0.4, -0.2) is 39.6 Å². The highest BCUT2D eigenvalue weighted by atomic mass is 32.2. The molecule has 7 heteroatoms. The number of nitrogens with zero attached hydrogens (tertiary/aromatic N) is 1. The number of para-hydroxylation sites is 1. The Bertz CT molecular complexity index is 1030. The van der Waals surface area contributed by atoms with Crippen LogP contribution in [0.1, 0.15) is 28.8 Å². The highest BCUT2D eigenvalue weighted by molar-refractivity contribution is 7.83. The fourth-order valence-electron chi connectivity index (χ4n) is 3.58. The van der Waals surface area contributed by atoms with Crippen LogP contribution in [0.5, 0.6) is 0 Å². The SMILES string of the molecule is COC(=O)c1ccc(S(=O)n2cc(C3(O)CCOCC3)c3ccccc32)cc1. The molecule has 1 atom stereocenters. The molecule has 146 valence electrons. The molecule has 1 unspecified atom stereocenters. The second-order valence-corrected chi connectivity index (χ2v) is 8.16. The summed E-state index contributed by atoms with van der Waals surface area (Å²) in [6.45, 7) is 0.988. The van der Waals surface area contributed by atoms with Crippen LogP contribution in [0.15, 0.2) is 59.6 Å². The zero-order valence-corrected chi connectivity index (χ0v) is 16.3. The number of aliphatic hydroxyl groups is 1. The van der Waals surface area contributed by atoms with Crippen LogP contribution in [0.2, 0.25) is 0 Å². The van der Waals surface area contributed by atoms with Gasteiger partial charge in [0, 0.05) is 43.2 Å². The van der Waals surface area contributed by atoms with E-state index in [9.17, 15) is 14.1 Å². The molecule has 4 rings (SSSR count). The summed E-state index contributed by atoms with van der Waals surface area (Å²) in [5.74, 6) is -0.437. The van der Waals surface area contributed by atoms with Gasteiger partial charge in [0.05, 0.1) is 28.7 Å². The fraction of sp³-hybridized carbons (Fsp3) is 0.286. The lowest BCUT2D eigenvalue weighted by Gasteiger charge is -2.31. The Hall–Kier alpha value is -2.48. The molecule has 0 radical (unpaired) electrons. The highest BCUT2D eigenvalue weighted by Crippen LogP contribution is 2.38. The van der Waals surface area contributed by atoms with E-state index in [4.69, 9.17) is 9.47 Å². The number of esters is 1. The van der Waals surface area contributed by atoms with Gasteiger partial charge in [-0.25, -0.2) is 9.00 Å². The normalized spacial score (nSPS) is 17.4. The molecule has 0 aliphatic carbocycles. The predicted molar refractivity (Wildman–Crippen MR) is 105 cm³/mol. The lowest BCUT2D eigenvalue weighted by atomic mass is 9.86. The number of carbonyl (C=O) groups excluding carboxylic acids is 1. The molecule has 2 heterocycles. The van der Waals surface area contributed by atoms with Crippen LogP contribution in [-0.2, 0) is 26.1 Å². The number of aromatic nitrogens is 1. The van der Waals surface area contributed by atoms with Crippen LogP contribution in [0.4, 0.5) is 0 Å². The summed E-state index contributed by atoms with van der Waals surface area (Å²) in [6.07, 6.45) is 2.78. The van der Waals surface area contributed by atoms with Gasteiger partial charge in [0.15, 0.2) is 11.0 Å². The Morgan fingerprint density at radius 1 is 1.14 bits per heavy atom. The second kappa shape index (κ2) is 7.50. The third-order valence-electron chi connectivity index (χ3n) is 5.16. The van der Waals surface area contributed by atoms with Crippen LogP contribution < -0.4 is 0 Å². The molecule has 0 bridgehead atoms. The topological polar surface area (TPSA) is 77.8 Å². The van der Waals surface area contributed by atoms with Gasteiger partial charge >= 0.3 is 5.97 Å². The van der Waals surface area contributed by atoms with Crippen molar-refractivity contribution in [2.24, 2.45) is 0 Å². The third kappa shape index (κ3) is 3.26. The first-order valence-corrected chi connectivity index (χ1v) is 10.2. The molecule has 3 aromatic rings. The average molecular weight is 399 g/mol. The molecule has 1 saturated heterocycles. The van der Waals surface area contributed by atoms with Gasteiger partial charge in [-0.05, 0) is 30.3 Å². The maximum Gasteiger partial charge on any atom is 0.337 e. The molecule has 1 N–H and O–H groups in total. The van der Waals surface area contributed by atoms with E-state index in [1.165, 1.54) is 7.11 Å². The van der Waals surface area contributed by atoms with Crippen LogP contribution in [0.3, 0.4) is 0 Å². The molecule has 0 amide bonds. The maximum absolute atomic E-state index is 13.3. The lowest BCUT2D eigenvalue weighted by Crippen LogP contribution is -2.33. The number of carbonyl (C=O) groups is 1. The summed E-state index contributed by atoms with van der Waals surface area (Å²) in [5, 5.41) is 12.1. The highest BCUT2D eigenvalue weighted by Gasteiger charge is 2.35. The molecule has 1 fully saturated rings. The number of ether oxygens (including phenoxy) is 2. The molecular weight excluding hydrogens is 378 g/mol. The van der Waals surface area contributed by atoms with E-state index in [1.54, 1.807) is 34.4 Å². The van der Waals surface area contributed by atoms with Gasteiger partial charge < -0.3 is 14.6 Å². The van der Waals surface area contributed by atoms with Gasteiger partial charge in [0.25, 0.3) is 0 Å². The molecule has 1 aromatic heterocycles. The van der Waals surface area contributed by atoms with Crippen molar-refractivity contribution < 1.29 is 23.6 Å². The molecule has 28 heavy (non-hydrogen) atoms. The van der Waals surface area contributed by atoms with Gasteiger partial charge in [-0.1, -0.05) is 18.2 Å². The first-order chi connectivity index (χ1) is 13.5. The van der Waals surface area contributed by atoms with Crippen molar-refractivity contribution in [1.29, 1.82) is 0 Å². The smallest absolute Gasteiger partial charge is 0.337 e. The molecular formula is C21H21NO5S. The van der Waals surface area contributed by atoms with Gasteiger partial charge in [-0.15, -0.1) is 0 Å². The minimum Gasteiger partial charge on any atom is -0.465 e. The minimum atomic E-state index is -1.52. The minimum absolute atomic E-state index is 0.401. The van der Waals surface area contributed by atoms with Gasteiger partial charge in [0.2, 0.25) is 0 Å². The maximum atomic E-state index is 13.3. The average Bonchev–Trinajstić information content (AvgIpc) is 3.14. The molecule has 2 aromatic carbocycles. The van der Waals surface area contributed by atoms with E-state index in [1.807, 2.05) is 24.3 Å². The van der Waals surface area contributed by atoms with Gasteiger partial charge in [-0.2, -0.15) is 0 Å². The van der Waals surface area contributed by atoms with Crippen molar-refractivity contribution >= 4 is 27.9 Å². The van der Waals surface area contributed by atoms with Crippen molar-refractivity contribution in [3.63, 3.8) is 0 Å².